The zero-order valence-electron chi connectivity index (χ0n) is 19.6. The van der Waals surface area contributed by atoms with Crippen molar-refractivity contribution in [1.29, 1.82) is 0 Å². The van der Waals surface area contributed by atoms with Gasteiger partial charge in [0.1, 0.15) is 0 Å². The zero-order chi connectivity index (χ0) is 23.0. The first-order valence-corrected chi connectivity index (χ1v) is 12.8. The molecule has 1 amide bonds. The van der Waals surface area contributed by atoms with E-state index in [0.29, 0.717) is 11.6 Å². The number of carbonyl (C=O) groups excluding carboxylic acids is 1. The normalized spacial score (nSPS) is 13.4. The van der Waals surface area contributed by atoms with Crippen LogP contribution in [0.3, 0.4) is 0 Å². The van der Waals surface area contributed by atoms with Crippen LogP contribution in [0.25, 0.3) is 10.8 Å². The van der Waals surface area contributed by atoms with Crippen molar-refractivity contribution in [1.82, 2.24) is 4.98 Å². The summed E-state index contributed by atoms with van der Waals surface area (Å²) < 4.78 is 0. The first-order chi connectivity index (χ1) is 16.2. The van der Waals surface area contributed by atoms with E-state index in [1.165, 1.54) is 51.4 Å². The number of aromatic nitrogens is 1. The Hall–Kier alpha value is -2.59. The van der Waals surface area contributed by atoms with E-state index in [1.54, 1.807) is 6.07 Å². The Morgan fingerprint density at radius 3 is 2.58 bits per heavy atom. The van der Waals surface area contributed by atoms with E-state index in [-0.39, 0.29) is 5.91 Å². The van der Waals surface area contributed by atoms with Gasteiger partial charge in [0, 0.05) is 46.3 Å². The van der Waals surface area contributed by atoms with Crippen LogP contribution in [-0.4, -0.2) is 24.0 Å². The third-order valence-electron chi connectivity index (χ3n) is 6.57. The predicted octanol–water partition coefficient (Wildman–Crippen LogP) is 7.64. The van der Waals surface area contributed by atoms with Gasteiger partial charge in [-0.3, -0.25) is 9.78 Å². The number of hydrogen-bond acceptors (Lipinski definition) is 3. The summed E-state index contributed by atoms with van der Waals surface area (Å²) in [6.45, 7) is 3.84. The molecular weight excluding hydrogens is 430 g/mol. The highest BCUT2D eigenvalue weighted by Gasteiger charge is 2.27. The number of unbranched alkanes of at least 4 members (excludes halogenated alkanes) is 7. The van der Waals surface area contributed by atoms with Gasteiger partial charge in [-0.2, -0.15) is 0 Å². The molecule has 3 aromatic rings. The fraction of sp³-hybridized carbons (Fsp3) is 0.429. The van der Waals surface area contributed by atoms with Gasteiger partial charge in [-0.05, 0) is 42.7 Å². The molecule has 2 heterocycles. The molecular formula is C28H34ClN3O. The number of amides is 1. The summed E-state index contributed by atoms with van der Waals surface area (Å²) in [6.07, 6.45) is 15.0. The van der Waals surface area contributed by atoms with Gasteiger partial charge in [-0.15, -0.1) is 0 Å². The summed E-state index contributed by atoms with van der Waals surface area (Å²) in [4.78, 5) is 19.6. The molecule has 0 unspecified atom stereocenters. The van der Waals surface area contributed by atoms with Gasteiger partial charge in [0.15, 0.2) is 0 Å². The maximum atomic E-state index is 13.3. The van der Waals surface area contributed by atoms with E-state index >= 15 is 0 Å². The molecule has 0 atom stereocenters. The molecule has 1 aromatic heterocycles. The van der Waals surface area contributed by atoms with Gasteiger partial charge >= 0.3 is 0 Å². The standard InChI is InChI=1S/C28H34ClN3O/c1-2-3-4-5-6-7-8-9-16-31-26-12-10-11-24-25(26)19-30-20-27(24)32-17-15-21-18-22(29)13-14-23(21)28(32)33/h10-14,18-20,31H,2-9,15-17H2,1H3. The Balaban J connectivity index is 1.42. The average Bonchev–Trinajstić information content (AvgIpc) is 2.83. The van der Waals surface area contributed by atoms with E-state index in [2.05, 4.69) is 35.4 Å². The lowest BCUT2D eigenvalue weighted by Gasteiger charge is -2.29. The number of nitrogens with zero attached hydrogens (tertiary/aromatic N) is 2. The van der Waals surface area contributed by atoms with Crippen molar-refractivity contribution in [3.8, 4) is 0 Å². The van der Waals surface area contributed by atoms with Gasteiger partial charge in [0.05, 0.1) is 11.9 Å². The van der Waals surface area contributed by atoms with Crippen LogP contribution in [0, 0.1) is 0 Å². The summed E-state index contributed by atoms with van der Waals surface area (Å²) >= 11 is 6.13. The molecule has 33 heavy (non-hydrogen) atoms. The van der Waals surface area contributed by atoms with Crippen LogP contribution in [0.15, 0.2) is 48.8 Å². The number of nitrogens with one attached hydrogen (secondary N) is 1. The van der Waals surface area contributed by atoms with E-state index in [4.69, 9.17) is 11.6 Å². The molecule has 0 aliphatic carbocycles. The summed E-state index contributed by atoms with van der Waals surface area (Å²) in [5.74, 6) is 0.0134. The van der Waals surface area contributed by atoms with Crippen LogP contribution >= 0.6 is 11.6 Å². The minimum absolute atomic E-state index is 0.0134. The lowest BCUT2D eigenvalue weighted by Crippen LogP contribution is -2.37. The van der Waals surface area contributed by atoms with Crippen LogP contribution < -0.4 is 10.2 Å². The van der Waals surface area contributed by atoms with Gasteiger partial charge < -0.3 is 10.2 Å². The van der Waals surface area contributed by atoms with Crippen LogP contribution in [0.1, 0.15) is 74.2 Å². The van der Waals surface area contributed by atoms with Crippen LogP contribution in [0.2, 0.25) is 5.02 Å². The highest BCUT2D eigenvalue weighted by molar-refractivity contribution is 6.30. The number of hydrogen-bond donors (Lipinski definition) is 1. The fourth-order valence-electron chi connectivity index (χ4n) is 4.72. The molecule has 1 aliphatic heterocycles. The molecule has 1 aliphatic rings. The molecule has 0 radical (unpaired) electrons. The summed E-state index contributed by atoms with van der Waals surface area (Å²) in [7, 11) is 0. The molecule has 0 spiro atoms. The third kappa shape index (κ3) is 5.67. The Bertz CT molecular complexity index is 1100. The number of rotatable bonds is 11. The highest BCUT2D eigenvalue weighted by atomic mass is 35.5. The second-order valence-electron chi connectivity index (χ2n) is 8.97. The number of pyridine rings is 1. The Kier molecular flexibility index (Phi) is 8.22. The predicted molar refractivity (Wildman–Crippen MR) is 140 cm³/mol. The van der Waals surface area contributed by atoms with Crippen molar-refractivity contribution in [2.24, 2.45) is 0 Å². The summed E-state index contributed by atoms with van der Waals surface area (Å²) in [5, 5.41) is 6.39. The van der Waals surface area contributed by atoms with Gasteiger partial charge in [0.2, 0.25) is 0 Å². The number of halogens is 1. The SMILES string of the molecule is CCCCCCCCCCNc1cccc2c(N3CCc4cc(Cl)ccc4C3=O)cncc12. The average molecular weight is 464 g/mol. The van der Waals surface area contributed by atoms with Crippen molar-refractivity contribution < 1.29 is 4.79 Å². The lowest BCUT2D eigenvalue weighted by atomic mass is 9.98. The van der Waals surface area contributed by atoms with Gasteiger partial charge in [-0.25, -0.2) is 0 Å². The zero-order valence-corrected chi connectivity index (χ0v) is 20.3. The first kappa shape index (κ1) is 23.6. The molecule has 0 bridgehead atoms. The molecule has 2 aromatic carbocycles. The monoisotopic (exact) mass is 463 g/mol. The molecule has 4 rings (SSSR count). The van der Waals surface area contributed by atoms with Crippen molar-refractivity contribution in [3.63, 3.8) is 0 Å². The number of fused-ring (bicyclic) bond motifs is 2. The molecule has 0 fully saturated rings. The van der Waals surface area contributed by atoms with Gasteiger partial charge in [-0.1, -0.05) is 75.6 Å². The number of carbonyl (C=O) groups is 1. The molecule has 1 N–H and O–H groups in total. The van der Waals surface area contributed by atoms with Crippen molar-refractivity contribution in [2.45, 2.75) is 64.7 Å². The second-order valence-corrected chi connectivity index (χ2v) is 9.41. The minimum atomic E-state index is 0.0134. The van der Waals surface area contributed by atoms with Crippen molar-refractivity contribution >= 4 is 39.7 Å². The molecule has 0 saturated heterocycles. The molecule has 0 saturated carbocycles. The Morgan fingerprint density at radius 1 is 0.970 bits per heavy atom. The smallest absolute Gasteiger partial charge is 0.258 e. The van der Waals surface area contributed by atoms with Crippen LogP contribution in [-0.2, 0) is 6.42 Å². The number of benzene rings is 2. The molecule has 174 valence electrons. The Labute approximate surface area is 202 Å². The van der Waals surface area contributed by atoms with E-state index < -0.39 is 0 Å². The second kappa shape index (κ2) is 11.5. The molecule has 4 nitrogen and oxygen atoms in total. The highest BCUT2D eigenvalue weighted by Crippen LogP contribution is 2.33. The van der Waals surface area contributed by atoms with Gasteiger partial charge in [0.25, 0.3) is 5.91 Å². The minimum Gasteiger partial charge on any atom is -0.384 e. The van der Waals surface area contributed by atoms with Crippen molar-refractivity contribution in [2.75, 3.05) is 23.3 Å². The maximum absolute atomic E-state index is 13.3. The largest absolute Gasteiger partial charge is 0.384 e. The van der Waals surface area contributed by atoms with Crippen molar-refractivity contribution in [3.05, 3.63) is 64.9 Å². The van der Waals surface area contributed by atoms with E-state index in [9.17, 15) is 4.79 Å². The van der Waals surface area contributed by atoms with E-state index in [0.717, 1.165) is 46.2 Å². The summed E-state index contributed by atoms with van der Waals surface area (Å²) in [5.41, 5.74) is 3.70. The topological polar surface area (TPSA) is 45.2 Å². The fourth-order valence-corrected chi connectivity index (χ4v) is 4.91. The molecule has 5 heteroatoms. The maximum Gasteiger partial charge on any atom is 0.258 e. The summed E-state index contributed by atoms with van der Waals surface area (Å²) in [6, 6.07) is 11.8. The van der Waals surface area contributed by atoms with Crippen LogP contribution in [0.5, 0.6) is 0 Å². The van der Waals surface area contributed by atoms with E-state index in [1.807, 2.05) is 29.4 Å². The lowest BCUT2D eigenvalue weighted by molar-refractivity contribution is 0.0981. The Morgan fingerprint density at radius 2 is 1.76 bits per heavy atom. The first-order valence-electron chi connectivity index (χ1n) is 12.4. The number of anilines is 2. The third-order valence-corrected chi connectivity index (χ3v) is 6.80. The quantitative estimate of drug-likeness (QED) is 0.297. The van der Waals surface area contributed by atoms with Crippen LogP contribution in [0.4, 0.5) is 11.4 Å².